The molecule has 1 aromatic carbocycles. The monoisotopic (exact) mass is 398 g/mol. The highest BCUT2D eigenvalue weighted by Gasteiger charge is 2.41. The molecule has 0 spiro atoms. The number of benzene rings is 1. The van der Waals surface area contributed by atoms with Crippen molar-refractivity contribution >= 4 is 23.7 Å². The first kappa shape index (κ1) is 20.8. The van der Waals surface area contributed by atoms with E-state index in [9.17, 15) is 19.2 Å². The second-order valence-electron chi connectivity index (χ2n) is 7.43. The lowest BCUT2D eigenvalue weighted by Gasteiger charge is -2.23. The molecule has 1 aliphatic carbocycles. The van der Waals surface area contributed by atoms with Crippen LogP contribution in [0.3, 0.4) is 0 Å². The van der Waals surface area contributed by atoms with E-state index in [4.69, 9.17) is 4.74 Å². The van der Waals surface area contributed by atoms with Gasteiger partial charge in [0, 0.05) is 6.54 Å². The Labute approximate surface area is 170 Å². The van der Waals surface area contributed by atoms with E-state index in [1.807, 2.05) is 0 Å². The maximum Gasteiger partial charge on any atom is 0.329 e. The Morgan fingerprint density at radius 1 is 1.10 bits per heavy atom. The van der Waals surface area contributed by atoms with Crippen LogP contribution >= 0.6 is 0 Å². The van der Waals surface area contributed by atoms with E-state index in [0.29, 0.717) is 6.54 Å². The summed E-state index contributed by atoms with van der Waals surface area (Å²) in [4.78, 5) is 50.5. The molecule has 1 N–H and O–H groups in total. The Balaban J connectivity index is 1.51. The third-order valence-electron chi connectivity index (χ3n) is 5.35. The number of hydrogen-bond acceptors (Lipinski definition) is 5. The number of esters is 1. The Kier molecular flexibility index (Phi) is 6.46. The van der Waals surface area contributed by atoms with Crippen molar-refractivity contribution in [3.8, 4) is 0 Å². The molecule has 3 amide bonds. The van der Waals surface area contributed by atoms with Crippen LogP contribution in [-0.2, 0) is 14.3 Å². The van der Waals surface area contributed by atoms with Gasteiger partial charge in [-0.25, -0.2) is 4.79 Å². The lowest BCUT2D eigenvalue weighted by Crippen LogP contribution is -2.46. The minimum Gasteiger partial charge on any atom is -0.451 e. The number of imide groups is 1. The maximum absolute atomic E-state index is 12.5. The lowest BCUT2D eigenvalue weighted by atomic mass is 9.97. The molecule has 7 heteroatoms. The predicted octanol–water partition coefficient (Wildman–Crippen LogP) is 2.61. The van der Waals surface area contributed by atoms with Crippen LogP contribution in [0.4, 0.5) is 0 Å². The third-order valence-corrected chi connectivity index (χ3v) is 5.35. The highest BCUT2D eigenvalue weighted by molar-refractivity contribution is 6.22. The molecule has 1 heterocycles. The van der Waals surface area contributed by atoms with Crippen molar-refractivity contribution in [2.24, 2.45) is 0 Å². The van der Waals surface area contributed by atoms with Gasteiger partial charge in [0.15, 0.2) is 6.10 Å². The van der Waals surface area contributed by atoms with E-state index in [0.717, 1.165) is 24.2 Å². The van der Waals surface area contributed by atoms with Gasteiger partial charge in [-0.05, 0) is 58.1 Å². The Hall–Kier alpha value is -2.96. The molecular weight excluding hydrogens is 372 g/mol. The Bertz CT molecular complexity index is 826. The number of carbonyl (C=O) groups excluding carboxylic acids is 4. The van der Waals surface area contributed by atoms with Crippen molar-refractivity contribution in [1.82, 2.24) is 10.2 Å². The standard InChI is InChI=1S/C22H26N2O5/c1-14(24-20(26)17-10-6-7-11-18(17)21(24)27)22(28)29-15(2)19(25)23-13-12-16-8-4-3-5-9-16/h6-8,10-11,14-15H,3-5,9,12-13H2,1-2H3,(H,23,25)/t14-,15-/m0/s1. The summed E-state index contributed by atoms with van der Waals surface area (Å²) < 4.78 is 5.21. The van der Waals surface area contributed by atoms with Crippen molar-refractivity contribution in [2.45, 2.75) is 58.1 Å². The number of amides is 3. The number of allylic oxidation sites excluding steroid dienone is 1. The molecular formula is C22H26N2O5. The molecule has 0 unspecified atom stereocenters. The smallest absolute Gasteiger partial charge is 0.329 e. The van der Waals surface area contributed by atoms with Gasteiger partial charge in [-0.1, -0.05) is 23.8 Å². The van der Waals surface area contributed by atoms with E-state index >= 15 is 0 Å². The summed E-state index contributed by atoms with van der Waals surface area (Å²) in [6.07, 6.45) is 6.56. The molecule has 1 aromatic rings. The molecule has 1 aliphatic heterocycles. The zero-order chi connectivity index (χ0) is 21.0. The molecule has 3 rings (SSSR count). The molecule has 0 aromatic heterocycles. The summed E-state index contributed by atoms with van der Waals surface area (Å²) in [7, 11) is 0. The van der Waals surface area contributed by atoms with Gasteiger partial charge >= 0.3 is 5.97 Å². The van der Waals surface area contributed by atoms with Gasteiger partial charge in [-0.15, -0.1) is 0 Å². The number of hydrogen-bond donors (Lipinski definition) is 1. The first-order chi connectivity index (χ1) is 13.9. The van der Waals surface area contributed by atoms with Gasteiger partial charge in [-0.3, -0.25) is 19.3 Å². The minimum atomic E-state index is -1.12. The quantitative estimate of drug-likeness (QED) is 0.433. The first-order valence-electron chi connectivity index (χ1n) is 10.0. The van der Waals surface area contributed by atoms with Crippen molar-refractivity contribution in [3.63, 3.8) is 0 Å². The van der Waals surface area contributed by atoms with Crippen LogP contribution < -0.4 is 5.32 Å². The van der Waals surface area contributed by atoms with Crippen molar-refractivity contribution in [2.75, 3.05) is 6.54 Å². The summed E-state index contributed by atoms with van der Waals surface area (Å²) >= 11 is 0. The van der Waals surface area contributed by atoms with Crippen LogP contribution in [0.1, 0.15) is 66.7 Å². The summed E-state index contributed by atoms with van der Waals surface area (Å²) in [6, 6.07) is 5.29. The second-order valence-corrected chi connectivity index (χ2v) is 7.43. The summed E-state index contributed by atoms with van der Waals surface area (Å²) in [5, 5.41) is 2.77. The number of ether oxygens (including phenoxy) is 1. The van der Waals surface area contributed by atoms with Gasteiger partial charge in [0.25, 0.3) is 17.7 Å². The highest BCUT2D eigenvalue weighted by atomic mass is 16.5. The fraction of sp³-hybridized carbons (Fsp3) is 0.455. The van der Waals surface area contributed by atoms with Crippen LogP contribution in [0.15, 0.2) is 35.9 Å². The van der Waals surface area contributed by atoms with Crippen LogP contribution in [0.5, 0.6) is 0 Å². The number of nitrogens with one attached hydrogen (secondary N) is 1. The summed E-state index contributed by atoms with van der Waals surface area (Å²) in [5.74, 6) is -2.26. The summed E-state index contributed by atoms with van der Waals surface area (Å²) in [6.45, 7) is 3.38. The minimum absolute atomic E-state index is 0.264. The highest BCUT2D eigenvalue weighted by Crippen LogP contribution is 2.25. The van der Waals surface area contributed by atoms with Crippen molar-refractivity contribution in [1.29, 1.82) is 0 Å². The molecule has 2 aliphatic rings. The van der Waals surface area contributed by atoms with E-state index < -0.39 is 35.8 Å². The average molecular weight is 398 g/mol. The number of fused-ring (bicyclic) bond motifs is 1. The SMILES string of the molecule is C[C@H](OC(=O)[C@H](C)N1C(=O)c2ccccc2C1=O)C(=O)NCCC1=CCCCC1. The zero-order valence-electron chi connectivity index (χ0n) is 16.8. The van der Waals surface area contributed by atoms with Gasteiger partial charge < -0.3 is 10.1 Å². The Morgan fingerprint density at radius 3 is 2.34 bits per heavy atom. The van der Waals surface area contributed by atoms with Gasteiger partial charge in [0.1, 0.15) is 6.04 Å². The maximum atomic E-state index is 12.5. The molecule has 0 radical (unpaired) electrons. The molecule has 2 atom stereocenters. The van der Waals surface area contributed by atoms with Crippen LogP contribution in [-0.4, -0.2) is 47.3 Å². The third kappa shape index (κ3) is 4.55. The topological polar surface area (TPSA) is 92.8 Å². The largest absolute Gasteiger partial charge is 0.451 e. The van der Waals surface area contributed by atoms with Crippen molar-refractivity contribution < 1.29 is 23.9 Å². The van der Waals surface area contributed by atoms with Gasteiger partial charge in [0.05, 0.1) is 11.1 Å². The fourth-order valence-electron chi connectivity index (χ4n) is 3.61. The van der Waals surface area contributed by atoms with Gasteiger partial charge in [0.2, 0.25) is 0 Å². The molecule has 154 valence electrons. The van der Waals surface area contributed by atoms with Crippen LogP contribution in [0, 0.1) is 0 Å². The zero-order valence-corrected chi connectivity index (χ0v) is 16.8. The number of carbonyl (C=O) groups is 4. The Morgan fingerprint density at radius 2 is 1.76 bits per heavy atom. The van der Waals surface area contributed by atoms with Crippen LogP contribution in [0.25, 0.3) is 0 Å². The van der Waals surface area contributed by atoms with E-state index in [1.165, 1.54) is 32.3 Å². The fourth-order valence-corrected chi connectivity index (χ4v) is 3.61. The second kappa shape index (κ2) is 9.03. The van der Waals surface area contributed by atoms with E-state index in [-0.39, 0.29) is 11.1 Å². The van der Waals surface area contributed by atoms with E-state index in [2.05, 4.69) is 11.4 Å². The van der Waals surface area contributed by atoms with Gasteiger partial charge in [-0.2, -0.15) is 0 Å². The average Bonchev–Trinajstić information content (AvgIpc) is 2.98. The van der Waals surface area contributed by atoms with Crippen molar-refractivity contribution in [3.05, 3.63) is 47.0 Å². The molecule has 29 heavy (non-hydrogen) atoms. The normalized spacial score (nSPS) is 18.0. The number of nitrogens with zero attached hydrogens (tertiary/aromatic N) is 1. The van der Waals surface area contributed by atoms with E-state index in [1.54, 1.807) is 24.3 Å². The molecule has 0 saturated heterocycles. The molecule has 0 fully saturated rings. The van der Waals surface area contributed by atoms with Crippen LogP contribution in [0.2, 0.25) is 0 Å². The predicted molar refractivity (Wildman–Crippen MR) is 106 cm³/mol. The number of rotatable bonds is 7. The first-order valence-corrected chi connectivity index (χ1v) is 10.0. The molecule has 7 nitrogen and oxygen atoms in total. The summed E-state index contributed by atoms with van der Waals surface area (Å²) in [5.41, 5.74) is 1.88. The molecule has 0 bridgehead atoms. The molecule has 0 saturated carbocycles. The lowest BCUT2D eigenvalue weighted by molar-refractivity contribution is -0.158.